The van der Waals surface area contributed by atoms with Gasteiger partial charge in [-0.15, -0.1) is 0 Å². The van der Waals surface area contributed by atoms with Crippen LogP contribution in [0.25, 0.3) is 0 Å². The molecule has 2 rings (SSSR count). The van der Waals surface area contributed by atoms with Crippen molar-refractivity contribution < 1.29 is 8.42 Å². The van der Waals surface area contributed by atoms with Gasteiger partial charge in [0, 0.05) is 24.1 Å². The molecule has 0 bridgehead atoms. The SMILES string of the molecule is CCn1cncc1CNc1ccc(NS(=O)(=O)CC)cc1. The summed E-state index contributed by atoms with van der Waals surface area (Å²) in [5.74, 6) is 0.0635. The highest BCUT2D eigenvalue weighted by molar-refractivity contribution is 7.92. The smallest absolute Gasteiger partial charge is 0.232 e. The summed E-state index contributed by atoms with van der Waals surface area (Å²) in [4.78, 5) is 4.12. The number of benzene rings is 1. The summed E-state index contributed by atoms with van der Waals surface area (Å²) in [6.07, 6.45) is 3.64. The van der Waals surface area contributed by atoms with Gasteiger partial charge in [-0.3, -0.25) is 4.72 Å². The summed E-state index contributed by atoms with van der Waals surface area (Å²) in [5, 5.41) is 3.29. The second kappa shape index (κ2) is 6.62. The van der Waals surface area contributed by atoms with Crippen LogP contribution in [-0.4, -0.2) is 23.7 Å². The maximum atomic E-state index is 11.5. The highest BCUT2D eigenvalue weighted by Crippen LogP contribution is 2.15. The monoisotopic (exact) mass is 308 g/mol. The molecule has 7 heteroatoms. The zero-order valence-electron chi connectivity index (χ0n) is 12.2. The number of nitrogens with one attached hydrogen (secondary N) is 2. The largest absolute Gasteiger partial charge is 0.379 e. The lowest BCUT2D eigenvalue weighted by atomic mass is 10.3. The molecule has 0 saturated heterocycles. The fourth-order valence-corrected chi connectivity index (χ4v) is 2.52. The molecule has 0 aliphatic heterocycles. The van der Waals surface area contributed by atoms with Gasteiger partial charge in [0.15, 0.2) is 0 Å². The van der Waals surface area contributed by atoms with Gasteiger partial charge in [0.2, 0.25) is 10.0 Å². The third kappa shape index (κ3) is 4.22. The van der Waals surface area contributed by atoms with Crippen molar-refractivity contribution in [2.45, 2.75) is 26.9 Å². The molecule has 0 unspecified atom stereocenters. The number of hydrogen-bond acceptors (Lipinski definition) is 4. The molecule has 1 heterocycles. The van der Waals surface area contributed by atoms with E-state index >= 15 is 0 Å². The van der Waals surface area contributed by atoms with Gasteiger partial charge in [0.1, 0.15) is 0 Å². The number of sulfonamides is 1. The van der Waals surface area contributed by atoms with Gasteiger partial charge in [0.05, 0.1) is 24.3 Å². The molecule has 2 aromatic rings. The molecule has 1 aromatic heterocycles. The van der Waals surface area contributed by atoms with Crippen molar-refractivity contribution in [2.24, 2.45) is 0 Å². The molecule has 0 atom stereocenters. The molecule has 6 nitrogen and oxygen atoms in total. The van der Waals surface area contributed by atoms with Crippen LogP contribution in [0.3, 0.4) is 0 Å². The number of hydrogen-bond donors (Lipinski definition) is 2. The first-order valence-electron chi connectivity index (χ1n) is 6.87. The molecule has 114 valence electrons. The van der Waals surface area contributed by atoms with E-state index in [1.165, 1.54) is 0 Å². The maximum absolute atomic E-state index is 11.5. The van der Waals surface area contributed by atoms with Gasteiger partial charge in [-0.05, 0) is 38.1 Å². The molecule has 2 N–H and O–H groups in total. The van der Waals surface area contributed by atoms with Crippen molar-refractivity contribution in [3.63, 3.8) is 0 Å². The molecule has 0 amide bonds. The Balaban J connectivity index is 1.97. The van der Waals surface area contributed by atoms with Crippen LogP contribution in [0, 0.1) is 0 Å². The number of aromatic nitrogens is 2. The summed E-state index contributed by atoms with van der Waals surface area (Å²) in [7, 11) is -3.22. The second-order valence-corrected chi connectivity index (χ2v) is 6.62. The van der Waals surface area contributed by atoms with Crippen LogP contribution in [-0.2, 0) is 23.1 Å². The van der Waals surface area contributed by atoms with Gasteiger partial charge in [-0.1, -0.05) is 0 Å². The molecule has 0 spiro atoms. The van der Waals surface area contributed by atoms with Gasteiger partial charge in [0.25, 0.3) is 0 Å². The number of rotatable bonds is 7. The molecule has 0 radical (unpaired) electrons. The van der Waals surface area contributed by atoms with Crippen molar-refractivity contribution in [3.05, 3.63) is 42.5 Å². The Morgan fingerprint density at radius 3 is 2.43 bits per heavy atom. The van der Waals surface area contributed by atoms with Crippen LogP contribution in [0.15, 0.2) is 36.8 Å². The Morgan fingerprint density at radius 2 is 1.81 bits per heavy atom. The van der Waals surface area contributed by atoms with E-state index in [-0.39, 0.29) is 5.75 Å². The lowest BCUT2D eigenvalue weighted by Gasteiger charge is -2.10. The van der Waals surface area contributed by atoms with Gasteiger partial charge >= 0.3 is 0 Å². The number of nitrogens with zero attached hydrogens (tertiary/aromatic N) is 2. The zero-order chi connectivity index (χ0) is 15.3. The molecule has 0 aliphatic rings. The zero-order valence-corrected chi connectivity index (χ0v) is 13.0. The number of anilines is 2. The minimum absolute atomic E-state index is 0.0635. The van der Waals surface area contributed by atoms with E-state index < -0.39 is 10.0 Å². The number of aryl methyl sites for hydroxylation is 1. The highest BCUT2D eigenvalue weighted by Gasteiger charge is 2.06. The summed E-state index contributed by atoms with van der Waals surface area (Å²) < 4.78 is 27.5. The summed E-state index contributed by atoms with van der Waals surface area (Å²) in [6.45, 7) is 5.23. The predicted octanol–water partition coefficient (Wildman–Crippen LogP) is 2.28. The Morgan fingerprint density at radius 1 is 1.14 bits per heavy atom. The van der Waals surface area contributed by atoms with Crippen LogP contribution in [0.1, 0.15) is 19.5 Å². The first-order chi connectivity index (χ1) is 10.0. The lowest BCUT2D eigenvalue weighted by Crippen LogP contribution is -2.14. The lowest BCUT2D eigenvalue weighted by molar-refractivity contribution is 0.602. The van der Waals surface area contributed by atoms with Gasteiger partial charge in [-0.2, -0.15) is 0 Å². The summed E-state index contributed by atoms with van der Waals surface area (Å²) in [5.41, 5.74) is 2.60. The van der Waals surface area contributed by atoms with Crippen LogP contribution in [0.5, 0.6) is 0 Å². The van der Waals surface area contributed by atoms with Crippen LogP contribution in [0.4, 0.5) is 11.4 Å². The quantitative estimate of drug-likeness (QED) is 0.823. The minimum Gasteiger partial charge on any atom is -0.379 e. The average molecular weight is 308 g/mol. The van der Waals surface area contributed by atoms with E-state index in [2.05, 4.69) is 26.5 Å². The molecule has 21 heavy (non-hydrogen) atoms. The Hall–Kier alpha value is -2.02. The van der Waals surface area contributed by atoms with E-state index in [0.29, 0.717) is 12.2 Å². The minimum atomic E-state index is -3.22. The molecular formula is C14H20N4O2S. The second-order valence-electron chi connectivity index (χ2n) is 4.61. The Bertz CT molecular complexity index is 677. The molecular weight excluding hydrogens is 288 g/mol. The predicted molar refractivity (Wildman–Crippen MR) is 84.8 cm³/mol. The van der Waals surface area contributed by atoms with Gasteiger partial charge < -0.3 is 9.88 Å². The van der Waals surface area contributed by atoms with Crippen LogP contribution in [0.2, 0.25) is 0 Å². The van der Waals surface area contributed by atoms with E-state index in [0.717, 1.165) is 17.9 Å². The molecule has 1 aromatic carbocycles. The average Bonchev–Trinajstić information content (AvgIpc) is 2.94. The normalized spacial score (nSPS) is 11.3. The molecule has 0 saturated carbocycles. The first-order valence-corrected chi connectivity index (χ1v) is 8.52. The Kier molecular flexibility index (Phi) is 4.85. The Labute approximate surface area is 125 Å². The number of imidazole rings is 1. The summed E-state index contributed by atoms with van der Waals surface area (Å²) >= 11 is 0. The van der Waals surface area contributed by atoms with E-state index in [9.17, 15) is 8.42 Å². The third-order valence-electron chi connectivity index (χ3n) is 3.15. The molecule has 0 fully saturated rings. The highest BCUT2D eigenvalue weighted by atomic mass is 32.2. The van der Waals surface area contributed by atoms with E-state index in [4.69, 9.17) is 0 Å². The first kappa shape index (κ1) is 15.4. The van der Waals surface area contributed by atoms with Crippen molar-refractivity contribution >= 4 is 21.4 Å². The van der Waals surface area contributed by atoms with Gasteiger partial charge in [-0.25, -0.2) is 13.4 Å². The van der Waals surface area contributed by atoms with Crippen molar-refractivity contribution in [2.75, 3.05) is 15.8 Å². The van der Waals surface area contributed by atoms with E-state index in [1.807, 2.05) is 18.3 Å². The third-order valence-corrected chi connectivity index (χ3v) is 4.46. The fourth-order valence-electron chi connectivity index (χ4n) is 1.88. The molecule has 0 aliphatic carbocycles. The van der Waals surface area contributed by atoms with Crippen molar-refractivity contribution in [1.82, 2.24) is 9.55 Å². The summed E-state index contributed by atoms with van der Waals surface area (Å²) in [6, 6.07) is 7.18. The van der Waals surface area contributed by atoms with Crippen molar-refractivity contribution in [3.8, 4) is 0 Å². The topological polar surface area (TPSA) is 76.0 Å². The standard InChI is InChI=1S/C14H20N4O2S/c1-3-18-11-15-9-14(18)10-16-12-5-7-13(8-6-12)17-21(19,20)4-2/h5-9,11,16-17H,3-4,10H2,1-2H3. The fraction of sp³-hybridized carbons (Fsp3) is 0.357. The van der Waals surface area contributed by atoms with Crippen molar-refractivity contribution in [1.29, 1.82) is 0 Å². The van der Waals surface area contributed by atoms with Crippen LogP contribution < -0.4 is 10.0 Å². The van der Waals surface area contributed by atoms with E-state index in [1.54, 1.807) is 25.4 Å². The maximum Gasteiger partial charge on any atom is 0.232 e. The van der Waals surface area contributed by atoms with Crippen LogP contribution >= 0.6 is 0 Å².